The summed E-state index contributed by atoms with van der Waals surface area (Å²) in [6.45, 7) is 3.07. The maximum atomic E-state index is 13.1. The van der Waals surface area contributed by atoms with E-state index in [9.17, 15) is 40.5 Å². The molecule has 11 atom stereocenters. The summed E-state index contributed by atoms with van der Waals surface area (Å²) in [5, 5.41) is 71.7. The van der Waals surface area contributed by atoms with Gasteiger partial charge >= 0.3 is 5.97 Å². The molecule has 0 aromatic heterocycles. The van der Waals surface area contributed by atoms with Crippen molar-refractivity contribution in [1.29, 1.82) is 0 Å². The zero-order valence-electron chi connectivity index (χ0n) is 30.3. The predicted octanol–water partition coefficient (Wildman–Crippen LogP) is 4.00. The zero-order valence-corrected chi connectivity index (χ0v) is 30.3. The van der Waals surface area contributed by atoms with Gasteiger partial charge in [0.05, 0.1) is 13.2 Å². The quantitative estimate of drug-likeness (QED) is 0.0480. The second-order valence-corrected chi connectivity index (χ2v) is 14.3. The Morgan fingerprint density at radius 2 is 0.980 bits per heavy atom. The van der Waals surface area contributed by atoms with Gasteiger partial charge in [0.1, 0.15) is 48.8 Å². The van der Waals surface area contributed by atoms with Crippen LogP contribution in [0.15, 0.2) is 0 Å². The number of hydrogen-bond donors (Lipinski definition) is 7. The molecule has 1 unspecified atom stereocenters. The third-order valence-corrected chi connectivity index (χ3v) is 10.1. The molecule has 2 rings (SSSR count). The SMILES string of the molecule is CCCCCCCCCCCCC(CCCCCCCCCC)CC(=O)O[C@@H]1O[C@H](CO)[C@@H](O[C@H]2O[C@H](CO)[C@@H](O)[C@H](O)[C@H]2O)[C@H](O)[C@H]1O. The van der Waals surface area contributed by atoms with Crippen molar-refractivity contribution in [3.05, 3.63) is 0 Å². The minimum Gasteiger partial charge on any atom is -0.433 e. The Labute approximate surface area is 294 Å². The Morgan fingerprint density at radius 1 is 0.551 bits per heavy atom. The molecule has 2 heterocycles. The summed E-state index contributed by atoms with van der Waals surface area (Å²) in [6, 6.07) is 0. The van der Waals surface area contributed by atoms with Gasteiger partial charge in [-0.1, -0.05) is 129 Å². The lowest BCUT2D eigenvalue weighted by Crippen LogP contribution is -2.64. The molecule has 0 aromatic carbocycles. The number of ether oxygens (including phenoxy) is 4. The lowest BCUT2D eigenvalue weighted by Gasteiger charge is -2.45. The molecule has 0 aliphatic carbocycles. The highest BCUT2D eigenvalue weighted by Crippen LogP contribution is 2.30. The van der Waals surface area contributed by atoms with Gasteiger partial charge in [0.25, 0.3) is 0 Å². The fraction of sp³-hybridized carbons (Fsp3) is 0.973. The van der Waals surface area contributed by atoms with Gasteiger partial charge < -0.3 is 54.7 Å². The topological polar surface area (TPSA) is 196 Å². The summed E-state index contributed by atoms with van der Waals surface area (Å²) in [6.07, 6.45) is 8.28. The van der Waals surface area contributed by atoms with Crippen LogP contribution in [0.1, 0.15) is 149 Å². The van der Waals surface area contributed by atoms with Crippen molar-refractivity contribution >= 4 is 5.97 Å². The molecule has 12 nitrogen and oxygen atoms in total. The van der Waals surface area contributed by atoms with Crippen LogP contribution in [-0.4, -0.2) is 116 Å². The lowest BCUT2D eigenvalue weighted by atomic mass is 9.91. The van der Waals surface area contributed by atoms with Gasteiger partial charge in [0, 0.05) is 6.42 Å². The summed E-state index contributed by atoms with van der Waals surface area (Å²) in [7, 11) is 0. The van der Waals surface area contributed by atoms with E-state index in [1.165, 1.54) is 89.9 Å². The molecule has 12 heteroatoms. The van der Waals surface area contributed by atoms with Crippen LogP contribution >= 0.6 is 0 Å². The number of hydrogen-bond acceptors (Lipinski definition) is 12. The van der Waals surface area contributed by atoms with E-state index < -0.39 is 80.6 Å². The smallest absolute Gasteiger partial charge is 0.308 e. The Balaban J connectivity index is 1.89. The van der Waals surface area contributed by atoms with Crippen LogP contribution in [-0.2, 0) is 23.7 Å². The zero-order chi connectivity index (χ0) is 36.0. The summed E-state index contributed by atoms with van der Waals surface area (Å²) < 4.78 is 22.1. The summed E-state index contributed by atoms with van der Waals surface area (Å²) >= 11 is 0. The number of carbonyl (C=O) groups excluding carboxylic acids is 1. The largest absolute Gasteiger partial charge is 0.433 e. The molecule has 0 bridgehead atoms. The first-order valence-electron chi connectivity index (χ1n) is 19.5. The fourth-order valence-corrected chi connectivity index (χ4v) is 6.90. The third-order valence-electron chi connectivity index (χ3n) is 10.1. The highest BCUT2D eigenvalue weighted by atomic mass is 16.7. The van der Waals surface area contributed by atoms with Gasteiger partial charge in [0.2, 0.25) is 6.29 Å². The Kier molecular flexibility index (Phi) is 23.4. The lowest BCUT2D eigenvalue weighted by molar-refractivity contribution is -0.355. The highest BCUT2D eigenvalue weighted by molar-refractivity contribution is 5.69. The van der Waals surface area contributed by atoms with Crippen molar-refractivity contribution < 1.29 is 59.5 Å². The standard InChI is InChI=1S/C37H70O12/c1-3-5-7-9-11-13-14-16-18-20-22-26(21-19-17-15-12-10-8-6-4-2)23-29(40)48-36-34(45)32(43)35(28(25-39)47-36)49-37-33(44)31(42)30(41)27(24-38)46-37/h26-28,30-39,41-45H,3-25H2,1-2H3/t26?,27-,28-,30-,31+,32-,33-,34-,35-,36+,37-/m1/s1. The first-order valence-corrected chi connectivity index (χ1v) is 19.5. The van der Waals surface area contributed by atoms with E-state index in [0.29, 0.717) is 0 Å². The van der Waals surface area contributed by atoms with E-state index in [0.717, 1.165) is 38.5 Å². The number of unbranched alkanes of at least 4 members (excludes halogenated alkanes) is 16. The number of esters is 1. The van der Waals surface area contributed by atoms with Crippen molar-refractivity contribution in [3.8, 4) is 0 Å². The number of carbonyl (C=O) groups is 1. The molecule has 0 aromatic rings. The number of rotatable bonds is 27. The molecule has 2 aliphatic heterocycles. The van der Waals surface area contributed by atoms with Crippen LogP contribution in [0.5, 0.6) is 0 Å². The first-order chi connectivity index (χ1) is 23.7. The molecule has 0 radical (unpaired) electrons. The summed E-state index contributed by atoms with van der Waals surface area (Å²) in [5.41, 5.74) is 0. The maximum absolute atomic E-state index is 13.1. The highest BCUT2D eigenvalue weighted by Gasteiger charge is 2.51. The van der Waals surface area contributed by atoms with E-state index in [1.54, 1.807) is 0 Å². The minimum absolute atomic E-state index is 0.128. The average molecular weight is 707 g/mol. The van der Waals surface area contributed by atoms with Crippen LogP contribution in [0.2, 0.25) is 0 Å². The van der Waals surface area contributed by atoms with Gasteiger partial charge in [-0.2, -0.15) is 0 Å². The Bertz CT molecular complexity index is 829. The number of aliphatic hydroxyl groups excluding tert-OH is 7. The molecule has 7 N–H and O–H groups in total. The summed E-state index contributed by atoms with van der Waals surface area (Å²) in [5.74, 6) is -0.430. The molecule has 2 aliphatic rings. The van der Waals surface area contributed by atoms with E-state index in [2.05, 4.69) is 13.8 Å². The molecule has 49 heavy (non-hydrogen) atoms. The van der Waals surface area contributed by atoms with Crippen molar-refractivity contribution in [2.24, 2.45) is 5.92 Å². The van der Waals surface area contributed by atoms with Crippen molar-refractivity contribution in [2.45, 2.75) is 210 Å². The molecule has 0 saturated carbocycles. The van der Waals surface area contributed by atoms with E-state index in [1.807, 2.05) is 0 Å². The van der Waals surface area contributed by atoms with Crippen LogP contribution in [0.4, 0.5) is 0 Å². The van der Waals surface area contributed by atoms with Crippen LogP contribution < -0.4 is 0 Å². The van der Waals surface area contributed by atoms with Gasteiger partial charge in [-0.3, -0.25) is 4.79 Å². The van der Waals surface area contributed by atoms with Crippen molar-refractivity contribution in [3.63, 3.8) is 0 Å². The van der Waals surface area contributed by atoms with Crippen molar-refractivity contribution in [1.82, 2.24) is 0 Å². The average Bonchev–Trinajstić information content (AvgIpc) is 3.09. The van der Waals surface area contributed by atoms with Gasteiger partial charge in [0.15, 0.2) is 6.29 Å². The molecular formula is C37H70O12. The molecule has 2 fully saturated rings. The Morgan fingerprint density at radius 3 is 1.45 bits per heavy atom. The second-order valence-electron chi connectivity index (χ2n) is 14.3. The molecule has 0 amide bonds. The van der Waals surface area contributed by atoms with Crippen LogP contribution in [0.3, 0.4) is 0 Å². The van der Waals surface area contributed by atoms with E-state index in [4.69, 9.17) is 18.9 Å². The summed E-state index contributed by atoms with van der Waals surface area (Å²) in [4.78, 5) is 13.1. The van der Waals surface area contributed by atoms with Gasteiger partial charge in [-0.25, -0.2) is 0 Å². The molecule has 290 valence electrons. The number of aliphatic hydroxyl groups is 7. The van der Waals surface area contributed by atoms with E-state index in [-0.39, 0.29) is 12.3 Å². The monoisotopic (exact) mass is 706 g/mol. The second kappa shape index (κ2) is 25.9. The molecule has 0 spiro atoms. The predicted molar refractivity (Wildman–Crippen MR) is 184 cm³/mol. The minimum atomic E-state index is -1.76. The fourth-order valence-electron chi connectivity index (χ4n) is 6.90. The normalized spacial score (nSPS) is 31.1. The third kappa shape index (κ3) is 16.1. The van der Waals surface area contributed by atoms with Crippen LogP contribution in [0.25, 0.3) is 0 Å². The van der Waals surface area contributed by atoms with Crippen molar-refractivity contribution in [2.75, 3.05) is 13.2 Å². The van der Waals surface area contributed by atoms with Gasteiger partial charge in [-0.05, 0) is 18.8 Å². The molecule has 2 saturated heterocycles. The first kappa shape index (κ1) is 44.2. The van der Waals surface area contributed by atoms with Crippen LogP contribution in [0, 0.1) is 5.92 Å². The molecular weight excluding hydrogens is 636 g/mol. The maximum Gasteiger partial charge on any atom is 0.308 e. The Hall–Kier alpha value is -0.930. The van der Waals surface area contributed by atoms with Gasteiger partial charge in [-0.15, -0.1) is 0 Å². The van der Waals surface area contributed by atoms with E-state index >= 15 is 0 Å².